The SMILES string of the molecule is CNCCc1nccc(Nc2cc(C)ccc2C)n1. The minimum absolute atomic E-state index is 0.832. The Morgan fingerprint density at radius 1 is 1.16 bits per heavy atom. The standard InChI is InChI=1S/C15H20N4/c1-11-4-5-12(2)13(10-11)18-15-7-9-17-14(19-15)6-8-16-3/h4-5,7,9-10,16H,6,8H2,1-3H3,(H,17,18,19). The highest BCUT2D eigenvalue weighted by atomic mass is 15.0. The van der Waals surface area contributed by atoms with Crippen molar-refractivity contribution >= 4 is 11.5 Å². The number of nitrogens with zero attached hydrogens (tertiary/aromatic N) is 2. The second-order valence-corrected chi connectivity index (χ2v) is 4.66. The summed E-state index contributed by atoms with van der Waals surface area (Å²) in [6.07, 6.45) is 2.63. The summed E-state index contributed by atoms with van der Waals surface area (Å²) in [5.41, 5.74) is 3.54. The summed E-state index contributed by atoms with van der Waals surface area (Å²) >= 11 is 0. The summed E-state index contributed by atoms with van der Waals surface area (Å²) in [4.78, 5) is 8.78. The monoisotopic (exact) mass is 256 g/mol. The average molecular weight is 256 g/mol. The van der Waals surface area contributed by atoms with Crippen molar-refractivity contribution < 1.29 is 0 Å². The fourth-order valence-electron chi connectivity index (χ4n) is 1.83. The Labute approximate surface area is 114 Å². The van der Waals surface area contributed by atoms with E-state index < -0.39 is 0 Å². The Balaban J connectivity index is 2.16. The maximum Gasteiger partial charge on any atom is 0.134 e. The van der Waals surface area contributed by atoms with E-state index in [9.17, 15) is 0 Å². The van der Waals surface area contributed by atoms with Crippen molar-refractivity contribution in [3.05, 3.63) is 47.4 Å². The maximum atomic E-state index is 4.51. The Morgan fingerprint density at radius 2 is 2.00 bits per heavy atom. The Morgan fingerprint density at radius 3 is 2.79 bits per heavy atom. The summed E-state index contributed by atoms with van der Waals surface area (Å²) in [5, 5.41) is 6.46. The quantitative estimate of drug-likeness (QED) is 0.863. The molecule has 0 unspecified atom stereocenters. The van der Waals surface area contributed by atoms with Crippen LogP contribution in [0.25, 0.3) is 0 Å². The molecule has 0 radical (unpaired) electrons. The first-order valence-corrected chi connectivity index (χ1v) is 6.50. The van der Waals surface area contributed by atoms with E-state index in [1.807, 2.05) is 13.1 Å². The van der Waals surface area contributed by atoms with Gasteiger partial charge in [-0.3, -0.25) is 0 Å². The van der Waals surface area contributed by atoms with Gasteiger partial charge >= 0.3 is 0 Å². The van der Waals surface area contributed by atoms with Crippen LogP contribution in [0.3, 0.4) is 0 Å². The van der Waals surface area contributed by atoms with Crippen molar-refractivity contribution in [1.29, 1.82) is 0 Å². The average Bonchev–Trinajstić information content (AvgIpc) is 2.41. The molecule has 2 N–H and O–H groups in total. The number of benzene rings is 1. The Bertz CT molecular complexity index is 552. The summed E-state index contributed by atoms with van der Waals surface area (Å²) < 4.78 is 0. The van der Waals surface area contributed by atoms with E-state index in [2.05, 4.69) is 52.6 Å². The second kappa shape index (κ2) is 6.29. The predicted octanol–water partition coefficient (Wildman–Crippen LogP) is 2.60. The van der Waals surface area contributed by atoms with Gasteiger partial charge in [-0.2, -0.15) is 0 Å². The van der Waals surface area contributed by atoms with Crippen LogP contribution in [0.15, 0.2) is 30.5 Å². The van der Waals surface area contributed by atoms with Gasteiger partial charge in [-0.1, -0.05) is 12.1 Å². The molecule has 0 saturated heterocycles. The van der Waals surface area contributed by atoms with Crippen LogP contribution in [0.5, 0.6) is 0 Å². The van der Waals surface area contributed by atoms with E-state index >= 15 is 0 Å². The third-order valence-electron chi connectivity index (χ3n) is 2.96. The molecule has 100 valence electrons. The molecule has 0 atom stereocenters. The van der Waals surface area contributed by atoms with Gasteiger partial charge < -0.3 is 10.6 Å². The molecule has 0 aliphatic rings. The first kappa shape index (κ1) is 13.5. The van der Waals surface area contributed by atoms with Crippen LogP contribution in [0.2, 0.25) is 0 Å². The molecule has 2 aromatic rings. The van der Waals surface area contributed by atoms with E-state index in [1.165, 1.54) is 11.1 Å². The lowest BCUT2D eigenvalue weighted by molar-refractivity contribution is 0.756. The number of hydrogen-bond acceptors (Lipinski definition) is 4. The summed E-state index contributed by atoms with van der Waals surface area (Å²) in [5.74, 6) is 1.69. The molecule has 0 bridgehead atoms. The first-order valence-electron chi connectivity index (χ1n) is 6.50. The molecule has 0 fully saturated rings. The Hall–Kier alpha value is -1.94. The Kier molecular flexibility index (Phi) is 4.47. The third-order valence-corrected chi connectivity index (χ3v) is 2.96. The predicted molar refractivity (Wildman–Crippen MR) is 78.9 cm³/mol. The zero-order valence-corrected chi connectivity index (χ0v) is 11.7. The van der Waals surface area contributed by atoms with E-state index in [0.29, 0.717) is 0 Å². The van der Waals surface area contributed by atoms with Crippen LogP contribution in [-0.2, 0) is 6.42 Å². The lowest BCUT2D eigenvalue weighted by atomic mass is 10.1. The summed E-state index contributed by atoms with van der Waals surface area (Å²) in [6.45, 7) is 5.06. The molecule has 0 amide bonds. The van der Waals surface area contributed by atoms with E-state index in [1.54, 1.807) is 6.20 Å². The highest BCUT2D eigenvalue weighted by Crippen LogP contribution is 2.20. The number of rotatable bonds is 5. The molecule has 4 heteroatoms. The molecule has 0 aliphatic carbocycles. The van der Waals surface area contributed by atoms with E-state index in [-0.39, 0.29) is 0 Å². The zero-order valence-electron chi connectivity index (χ0n) is 11.7. The van der Waals surface area contributed by atoms with E-state index in [0.717, 1.165) is 30.3 Å². The van der Waals surface area contributed by atoms with Crippen molar-refractivity contribution in [3.63, 3.8) is 0 Å². The van der Waals surface area contributed by atoms with Crippen molar-refractivity contribution in [1.82, 2.24) is 15.3 Å². The van der Waals surface area contributed by atoms with Gasteiger partial charge in [-0.15, -0.1) is 0 Å². The van der Waals surface area contributed by atoms with Crippen molar-refractivity contribution in [2.24, 2.45) is 0 Å². The molecule has 1 heterocycles. The highest BCUT2D eigenvalue weighted by molar-refractivity contribution is 5.61. The number of nitrogens with one attached hydrogen (secondary N) is 2. The highest BCUT2D eigenvalue weighted by Gasteiger charge is 2.02. The second-order valence-electron chi connectivity index (χ2n) is 4.66. The molecule has 1 aromatic carbocycles. The first-order chi connectivity index (χ1) is 9.19. The summed E-state index contributed by atoms with van der Waals surface area (Å²) in [6, 6.07) is 8.25. The fraction of sp³-hybridized carbons (Fsp3) is 0.333. The van der Waals surface area contributed by atoms with Crippen molar-refractivity contribution in [2.75, 3.05) is 18.9 Å². The summed E-state index contributed by atoms with van der Waals surface area (Å²) in [7, 11) is 1.93. The molecule has 2 rings (SSSR count). The van der Waals surface area contributed by atoms with Crippen LogP contribution in [-0.4, -0.2) is 23.6 Å². The van der Waals surface area contributed by atoms with Crippen molar-refractivity contribution in [2.45, 2.75) is 20.3 Å². The van der Waals surface area contributed by atoms with Crippen LogP contribution in [0, 0.1) is 13.8 Å². The third kappa shape index (κ3) is 3.76. The maximum absolute atomic E-state index is 4.51. The number of likely N-dealkylation sites (N-methyl/N-ethyl adjacent to an activating group) is 1. The van der Waals surface area contributed by atoms with E-state index in [4.69, 9.17) is 0 Å². The number of anilines is 2. The fourth-order valence-corrected chi connectivity index (χ4v) is 1.83. The molecule has 0 aliphatic heterocycles. The van der Waals surface area contributed by atoms with Gasteiger partial charge in [0.2, 0.25) is 0 Å². The topological polar surface area (TPSA) is 49.8 Å². The van der Waals surface area contributed by atoms with Gasteiger partial charge in [0.1, 0.15) is 11.6 Å². The van der Waals surface area contributed by atoms with Gasteiger partial charge in [0.05, 0.1) is 0 Å². The molecule has 0 saturated carbocycles. The zero-order chi connectivity index (χ0) is 13.7. The molecule has 1 aromatic heterocycles. The molecular formula is C15H20N4. The lowest BCUT2D eigenvalue weighted by Crippen LogP contribution is -2.12. The number of aromatic nitrogens is 2. The van der Waals surface area contributed by atoms with Crippen LogP contribution < -0.4 is 10.6 Å². The smallest absolute Gasteiger partial charge is 0.134 e. The number of hydrogen-bond donors (Lipinski definition) is 2. The molecule has 19 heavy (non-hydrogen) atoms. The van der Waals surface area contributed by atoms with Crippen LogP contribution in [0.1, 0.15) is 17.0 Å². The van der Waals surface area contributed by atoms with Gasteiger partial charge in [0.25, 0.3) is 0 Å². The lowest BCUT2D eigenvalue weighted by Gasteiger charge is -2.10. The van der Waals surface area contributed by atoms with Gasteiger partial charge in [-0.05, 0) is 44.2 Å². The van der Waals surface area contributed by atoms with Gasteiger partial charge in [-0.25, -0.2) is 9.97 Å². The van der Waals surface area contributed by atoms with Gasteiger partial charge in [0, 0.05) is 24.8 Å². The minimum atomic E-state index is 0.832. The van der Waals surface area contributed by atoms with Crippen molar-refractivity contribution in [3.8, 4) is 0 Å². The largest absolute Gasteiger partial charge is 0.340 e. The molecule has 4 nitrogen and oxygen atoms in total. The van der Waals surface area contributed by atoms with Crippen LogP contribution >= 0.6 is 0 Å². The molecule has 0 spiro atoms. The number of aryl methyl sites for hydroxylation is 2. The normalized spacial score (nSPS) is 10.5. The molecular weight excluding hydrogens is 236 g/mol. The van der Waals surface area contributed by atoms with Gasteiger partial charge in [0.15, 0.2) is 0 Å². The van der Waals surface area contributed by atoms with Crippen LogP contribution in [0.4, 0.5) is 11.5 Å². The minimum Gasteiger partial charge on any atom is -0.340 e.